The Bertz CT molecular complexity index is 624. The van der Waals surface area contributed by atoms with E-state index < -0.39 is 0 Å². The molecule has 22 heavy (non-hydrogen) atoms. The molecule has 1 fully saturated rings. The topological polar surface area (TPSA) is 56.3 Å². The lowest BCUT2D eigenvalue weighted by Crippen LogP contribution is -2.47. The number of pyridine rings is 1. The molecule has 5 nitrogen and oxygen atoms in total. The third kappa shape index (κ3) is 3.46. The number of rotatable bonds is 5. The molecular weight excluding hydrogens is 276 g/mol. The molecule has 114 valence electrons. The summed E-state index contributed by atoms with van der Waals surface area (Å²) < 4.78 is 5.36. The molecule has 0 amide bonds. The lowest BCUT2D eigenvalue weighted by molar-refractivity contribution is 0.252. The van der Waals surface area contributed by atoms with Crippen molar-refractivity contribution in [3.8, 4) is 6.07 Å². The number of aromatic nitrogens is 1. The minimum atomic E-state index is 0.661. The summed E-state index contributed by atoms with van der Waals surface area (Å²) >= 11 is 0. The highest BCUT2D eigenvalue weighted by Crippen LogP contribution is 2.18. The van der Waals surface area contributed by atoms with Crippen molar-refractivity contribution in [3.05, 3.63) is 48.0 Å². The summed E-state index contributed by atoms with van der Waals surface area (Å²) in [6.45, 7) is 4.96. The van der Waals surface area contributed by atoms with Gasteiger partial charge in [0.15, 0.2) is 0 Å². The van der Waals surface area contributed by atoms with Crippen LogP contribution in [0.25, 0.3) is 0 Å². The molecule has 0 aliphatic carbocycles. The fraction of sp³-hybridized carbons (Fsp3) is 0.412. The van der Waals surface area contributed by atoms with Crippen molar-refractivity contribution >= 4 is 5.82 Å². The van der Waals surface area contributed by atoms with E-state index in [1.807, 2.05) is 24.3 Å². The maximum absolute atomic E-state index is 9.17. The molecule has 0 bridgehead atoms. The van der Waals surface area contributed by atoms with E-state index in [-0.39, 0.29) is 0 Å². The summed E-state index contributed by atoms with van der Waals surface area (Å²) in [4.78, 5) is 9.04. The molecule has 0 aromatic carbocycles. The molecule has 0 saturated carbocycles. The van der Waals surface area contributed by atoms with Crippen molar-refractivity contribution < 1.29 is 4.42 Å². The van der Waals surface area contributed by atoms with Gasteiger partial charge >= 0.3 is 0 Å². The number of piperazine rings is 1. The minimum Gasteiger partial charge on any atom is -0.469 e. The van der Waals surface area contributed by atoms with Gasteiger partial charge in [0.1, 0.15) is 17.6 Å². The standard InChI is InChI=1S/C17H20N4O/c18-14-15-4-1-7-19-17(15)21-11-9-20(10-12-21)8-2-5-16-6-3-13-22-16/h1,3-4,6-7,13H,2,5,8-12H2. The smallest absolute Gasteiger partial charge is 0.146 e. The molecule has 2 aromatic heterocycles. The van der Waals surface area contributed by atoms with Crippen LogP contribution >= 0.6 is 0 Å². The minimum absolute atomic E-state index is 0.661. The quantitative estimate of drug-likeness (QED) is 0.847. The molecule has 1 aliphatic heterocycles. The van der Waals surface area contributed by atoms with Crippen LogP contribution in [-0.4, -0.2) is 42.6 Å². The first-order valence-corrected chi connectivity index (χ1v) is 7.71. The van der Waals surface area contributed by atoms with Crippen molar-refractivity contribution in [3.63, 3.8) is 0 Å². The van der Waals surface area contributed by atoms with Gasteiger partial charge in [-0.25, -0.2) is 4.98 Å². The summed E-state index contributed by atoms with van der Waals surface area (Å²) in [6.07, 6.45) is 5.59. The van der Waals surface area contributed by atoms with Crippen molar-refractivity contribution in [2.45, 2.75) is 12.8 Å². The van der Waals surface area contributed by atoms with Crippen molar-refractivity contribution in [2.75, 3.05) is 37.6 Å². The largest absolute Gasteiger partial charge is 0.469 e. The first-order chi connectivity index (χ1) is 10.9. The van der Waals surface area contributed by atoms with Gasteiger partial charge in [-0.15, -0.1) is 0 Å². The number of anilines is 1. The van der Waals surface area contributed by atoms with Gasteiger partial charge in [0.25, 0.3) is 0 Å². The summed E-state index contributed by atoms with van der Waals surface area (Å²) in [5.74, 6) is 1.88. The zero-order chi connectivity index (χ0) is 15.2. The van der Waals surface area contributed by atoms with Crippen molar-refractivity contribution in [1.82, 2.24) is 9.88 Å². The molecule has 0 spiro atoms. The molecule has 5 heteroatoms. The number of hydrogen-bond acceptors (Lipinski definition) is 5. The van der Waals surface area contributed by atoms with Gasteiger partial charge in [-0.2, -0.15) is 5.26 Å². The SMILES string of the molecule is N#Cc1cccnc1N1CCN(CCCc2ccco2)CC1. The van der Waals surface area contributed by atoms with Crippen LogP contribution in [0.3, 0.4) is 0 Å². The summed E-state index contributed by atoms with van der Waals surface area (Å²) in [5, 5.41) is 9.17. The van der Waals surface area contributed by atoms with E-state index in [4.69, 9.17) is 4.42 Å². The Morgan fingerprint density at radius 2 is 2.05 bits per heavy atom. The average molecular weight is 296 g/mol. The Balaban J connectivity index is 1.47. The van der Waals surface area contributed by atoms with Crippen LogP contribution in [0.15, 0.2) is 41.1 Å². The molecule has 1 saturated heterocycles. The zero-order valence-electron chi connectivity index (χ0n) is 12.6. The van der Waals surface area contributed by atoms with E-state index >= 15 is 0 Å². The number of furan rings is 1. The second-order valence-electron chi connectivity index (χ2n) is 5.50. The highest BCUT2D eigenvalue weighted by Gasteiger charge is 2.19. The van der Waals surface area contributed by atoms with E-state index in [0.29, 0.717) is 5.56 Å². The maximum Gasteiger partial charge on any atom is 0.146 e. The highest BCUT2D eigenvalue weighted by atomic mass is 16.3. The van der Waals surface area contributed by atoms with E-state index in [9.17, 15) is 5.26 Å². The number of nitrogens with zero attached hydrogens (tertiary/aromatic N) is 4. The van der Waals surface area contributed by atoms with E-state index in [1.165, 1.54) is 0 Å². The maximum atomic E-state index is 9.17. The molecule has 0 radical (unpaired) electrons. The highest BCUT2D eigenvalue weighted by molar-refractivity contribution is 5.53. The Morgan fingerprint density at radius 1 is 1.18 bits per heavy atom. The molecule has 0 N–H and O–H groups in total. The van der Waals surface area contributed by atoms with Crippen LogP contribution in [0, 0.1) is 11.3 Å². The van der Waals surface area contributed by atoms with Crippen molar-refractivity contribution in [1.29, 1.82) is 5.26 Å². The average Bonchev–Trinajstić information content (AvgIpc) is 3.09. The predicted molar refractivity (Wildman–Crippen MR) is 84.6 cm³/mol. The number of hydrogen-bond donors (Lipinski definition) is 0. The van der Waals surface area contributed by atoms with Gasteiger partial charge in [-0.05, 0) is 37.2 Å². The lowest BCUT2D eigenvalue weighted by Gasteiger charge is -2.35. The van der Waals surface area contributed by atoms with Gasteiger partial charge in [-0.3, -0.25) is 4.90 Å². The summed E-state index contributed by atoms with van der Waals surface area (Å²) in [5.41, 5.74) is 0.661. The lowest BCUT2D eigenvalue weighted by atomic mass is 10.2. The van der Waals surface area contributed by atoms with Crippen LogP contribution in [-0.2, 0) is 6.42 Å². The number of aryl methyl sites for hydroxylation is 1. The monoisotopic (exact) mass is 296 g/mol. The van der Waals surface area contributed by atoms with Gasteiger partial charge in [0, 0.05) is 38.8 Å². The van der Waals surface area contributed by atoms with E-state index in [1.54, 1.807) is 12.5 Å². The van der Waals surface area contributed by atoms with Gasteiger partial charge in [0.2, 0.25) is 0 Å². The molecule has 3 rings (SSSR count). The van der Waals surface area contributed by atoms with Crippen molar-refractivity contribution in [2.24, 2.45) is 0 Å². The summed E-state index contributed by atoms with van der Waals surface area (Å²) in [7, 11) is 0. The Labute approximate surface area is 130 Å². The Morgan fingerprint density at radius 3 is 2.77 bits per heavy atom. The van der Waals surface area contributed by atoms with Crippen LogP contribution < -0.4 is 4.90 Å². The molecule has 1 aliphatic rings. The third-order valence-electron chi connectivity index (χ3n) is 4.06. The van der Waals surface area contributed by atoms with E-state index in [2.05, 4.69) is 20.9 Å². The van der Waals surface area contributed by atoms with E-state index in [0.717, 1.165) is 57.1 Å². The second-order valence-corrected chi connectivity index (χ2v) is 5.50. The molecule has 0 atom stereocenters. The molecule has 0 unspecified atom stereocenters. The first kappa shape index (κ1) is 14.6. The van der Waals surface area contributed by atoms with Crippen LogP contribution in [0.1, 0.15) is 17.7 Å². The fourth-order valence-corrected chi connectivity index (χ4v) is 2.85. The van der Waals surface area contributed by atoms with Crippen LogP contribution in [0.4, 0.5) is 5.82 Å². The van der Waals surface area contributed by atoms with Gasteiger partial charge in [0.05, 0.1) is 11.8 Å². The molecule has 2 aromatic rings. The zero-order valence-corrected chi connectivity index (χ0v) is 12.6. The summed E-state index contributed by atoms with van der Waals surface area (Å²) in [6, 6.07) is 9.84. The van der Waals surface area contributed by atoms with Gasteiger partial charge in [-0.1, -0.05) is 0 Å². The third-order valence-corrected chi connectivity index (χ3v) is 4.06. The molecular formula is C17H20N4O. The first-order valence-electron chi connectivity index (χ1n) is 7.71. The van der Waals surface area contributed by atoms with Crippen LogP contribution in [0.2, 0.25) is 0 Å². The fourth-order valence-electron chi connectivity index (χ4n) is 2.85. The Kier molecular flexibility index (Phi) is 4.71. The van der Waals surface area contributed by atoms with Crippen LogP contribution in [0.5, 0.6) is 0 Å². The number of nitriles is 1. The normalized spacial score (nSPS) is 15.7. The second kappa shape index (κ2) is 7.10. The van der Waals surface area contributed by atoms with Gasteiger partial charge < -0.3 is 9.32 Å². The molecule has 3 heterocycles. The predicted octanol–water partition coefficient (Wildman–Crippen LogP) is 2.30. The Hall–Kier alpha value is -2.32.